The molecule has 0 radical (unpaired) electrons. The van der Waals surface area contributed by atoms with Gasteiger partial charge in [0, 0.05) is 37.1 Å². The fourth-order valence-electron chi connectivity index (χ4n) is 5.60. The quantitative estimate of drug-likeness (QED) is 0.403. The molecule has 3 N–H and O–H groups in total. The Morgan fingerprint density at radius 3 is 2.40 bits per heavy atom. The van der Waals surface area contributed by atoms with Gasteiger partial charge in [-0.25, -0.2) is 36.4 Å². The van der Waals surface area contributed by atoms with Crippen LogP contribution in [0.1, 0.15) is 33.6 Å². The van der Waals surface area contributed by atoms with Crippen LogP contribution >= 0.6 is 0 Å². The van der Waals surface area contributed by atoms with Gasteiger partial charge in [-0.15, -0.1) is 0 Å². The van der Waals surface area contributed by atoms with Crippen molar-refractivity contribution in [2.75, 3.05) is 39.0 Å². The molecule has 6 rings (SSSR count). The van der Waals surface area contributed by atoms with Crippen LogP contribution in [-0.2, 0) is 4.79 Å². The molecule has 1 saturated carbocycles. The van der Waals surface area contributed by atoms with Crippen molar-refractivity contribution in [2.24, 2.45) is 5.92 Å². The number of rotatable bonds is 6. The Kier molecular flexibility index (Phi) is 6.65. The minimum atomic E-state index is -2.99. The van der Waals surface area contributed by atoms with Gasteiger partial charge < -0.3 is 25.6 Å². The molecular weight excluding hydrogens is 583 g/mol. The Morgan fingerprint density at radius 1 is 1.02 bits per heavy atom. The highest BCUT2D eigenvalue weighted by molar-refractivity contribution is 6.06. The number of pyridine rings is 1. The highest BCUT2D eigenvalue weighted by Gasteiger charge is 2.51. The molecular formula is C26H25F5N8O4. The van der Waals surface area contributed by atoms with Gasteiger partial charge in [0.15, 0.2) is 5.82 Å². The molecule has 2 atom stereocenters. The normalized spacial score (nSPS) is 22.7. The van der Waals surface area contributed by atoms with E-state index in [-0.39, 0.29) is 52.7 Å². The second-order valence-corrected chi connectivity index (χ2v) is 10.9. The molecule has 2 unspecified atom stereocenters. The van der Waals surface area contributed by atoms with E-state index in [1.54, 1.807) is 0 Å². The number of nitrogens with one attached hydrogen (secondary N) is 1. The first-order valence-electron chi connectivity index (χ1n) is 13.2. The molecule has 2 aliphatic heterocycles. The SMILES string of the molecule is COc1ncc(-c2cc(C(=O)N3CC(F)(F)C3)c3c(N)ncnn23)cc1C(=O)NC1CN(C(=O)C2CC(F)(F)C2)CC1F. The number of amides is 3. The third-order valence-electron chi connectivity index (χ3n) is 7.85. The smallest absolute Gasteiger partial charge is 0.282 e. The first kappa shape index (κ1) is 28.5. The Labute approximate surface area is 240 Å². The van der Waals surface area contributed by atoms with E-state index < -0.39 is 73.6 Å². The molecule has 2 saturated heterocycles. The van der Waals surface area contributed by atoms with Crippen LogP contribution < -0.4 is 15.8 Å². The molecule has 0 spiro atoms. The summed E-state index contributed by atoms with van der Waals surface area (Å²) < 4.78 is 74.7. The van der Waals surface area contributed by atoms with Crippen LogP contribution in [0.5, 0.6) is 5.88 Å². The topological polar surface area (TPSA) is 148 Å². The zero-order chi connectivity index (χ0) is 30.8. The van der Waals surface area contributed by atoms with Crippen molar-refractivity contribution in [1.29, 1.82) is 0 Å². The van der Waals surface area contributed by atoms with Gasteiger partial charge >= 0.3 is 0 Å². The molecule has 43 heavy (non-hydrogen) atoms. The number of carbonyl (C=O) groups excluding carboxylic acids is 3. The molecule has 3 aliphatic rings. The Morgan fingerprint density at radius 2 is 1.74 bits per heavy atom. The summed E-state index contributed by atoms with van der Waals surface area (Å²) >= 11 is 0. The van der Waals surface area contributed by atoms with Crippen molar-refractivity contribution in [3.63, 3.8) is 0 Å². The number of nitrogens with zero attached hydrogens (tertiary/aromatic N) is 6. The van der Waals surface area contributed by atoms with E-state index in [4.69, 9.17) is 10.5 Å². The molecule has 1 aliphatic carbocycles. The summed E-state index contributed by atoms with van der Waals surface area (Å²) in [4.78, 5) is 49.1. The molecule has 3 fully saturated rings. The van der Waals surface area contributed by atoms with Crippen molar-refractivity contribution in [2.45, 2.75) is 36.9 Å². The maximum Gasteiger partial charge on any atom is 0.282 e. The van der Waals surface area contributed by atoms with Crippen molar-refractivity contribution in [3.05, 3.63) is 35.8 Å². The third kappa shape index (κ3) is 5.05. The standard InChI is InChI=1S/C26H25F5N8O4/c1-43-22-15(21(40)36-17-8-37(7-16(17)27)23(41)13-4-25(28,29)5-13)2-12(6-33-22)18-3-14(19-20(32)34-11-35-39(18)19)24(42)38-9-26(30,31)10-38/h2-3,6,11,13,16-17H,4-5,7-10H2,1H3,(H,36,40)(H2,32,34,35). The number of anilines is 1. The van der Waals surface area contributed by atoms with Gasteiger partial charge in [0.05, 0.1) is 44.0 Å². The second-order valence-electron chi connectivity index (χ2n) is 10.9. The Hall–Kier alpha value is -4.57. The number of nitrogens with two attached hydrogens (primary N) is 1. The first-order valence-corrected chi connectivity index (χ1v) is 13.2. The summed E-state index contributed by atoms with van der Waals surface area (Å²) in [5.41, 5.74) is 6.40. The molecule has 0 bridgehead atoms. The number of hydrogen-bond donors (Lipinski definition) is 2. The highest BCUT2D eigenvalue weighted by atomic mass is 19.3. The number of ether oxygens (including phenoxy) is 1. The summed E-state index contributed by atoms with van der Waals surface area (Å²) in [5, 5.41) is 6.66. The van der Waals surface area contributed by atoms with Gasteiger partial charge in [-0.1, -0.05) is 0 Å². The van der Waals surface area contributed by atoms with Crippen LogP contribution in [0.25, 0.3) is 16.8 Å². The number of aromatic nitrogens is 4. The lowest BCUT2D eigenvalue weighted by molar-refractivity contribution is -0.159. The van der Waals surface area contributed by atoms with E-state index in [1.807, 2.05) is 0 Å². The van der Waals surface area contributed by atoms with Gasteiger partial charge in [-0.05, 0) is 12.1 Å². The van der Waals surface area contributed by atoms with Gasteiger partial charge in [0.2, 0.25) is 17.7 Å². The van der Waals surface area contributed by atoms with Gasteiger partial charge in [0.1, 0.15) is 23.6 Å². The predicted molar refractivity (Wildman–Crippen MR) is 138 cm³/mol. The number of likely N-dealkylation sites (tertiary alicyclic amines) is 2. The van der Waals surface area contributed by atoms with E-state index in [1.165, 1.54) is 30.0 Å². The first-order chi connectivity index (χ1) is 20.3. The second kappa shape index (κ2) is 10.0. The predicted octanol–water partition coefficient (Wildman–Crippen LogP) is 1.80. The maximum atomic E-state index is 14.9. The van der Waals surface area contributed by atoms with Crippen LogP contribution in [0.15, 0.2) is 24.7 Å². The largest absolute Gasteiger partial charge is 0.480 e. The zero-order valence-electron chi connectivity index (χ0n) is 22.6. The maximum absolute atomic E-state index is 14.9. The lowest BCUT2D eigenvalue weighted by Gasteiger charge is -2.38. The molecule has 12 nitrogen and oxygen atoms in total. The fraction of sp³-hybridized carbons (Fsp3) is 0.462. The summed E-state index contributed by atoms with van der Waals surface area (Å²) in [7, 11) is 1.27. The molecule has 3 amide bonds. The number of carbonyl (C=O) groups is 3. The van der Waals surface area contributed by atoms with Crippen LogP contribution in [0.2, 0.25) is 0 Å². The van der Waals surface area contributed by atoms with Gasteiger partial charge in [-0.2, -0.15) is 5.10 Å². The van der Waals surface area contributed by atoms with E-state index in [9.17, 15) is 36.3 Å². The fourth-order valence-corrected chi connectivity index (χ4v) is 5.60. The lowest BCUT2D eigenvalue weighted by atomic mass is 9.80. The number of alkyl halides is 5. The van der Waals surface area contributed by atoms with E-state index in [0.717, 1.165) is 16.1 Å². The number of halogens is 5. The summed E-state index contributed by atoms with van der Waals surface area (Å²) in [5.74, 6) is -9.08. The average molecular weight is 609 g/mol. The minimum absolute atomic E-state index is 0.0365. The van der Waals surface area contributed by atoms with Crippen molar-refractivity contribution >= 4 is 29.1 Å². The van der Waals surface area contributed by atoms with Crippen molar-refractivity contribution in [3.8, 4) is 17.1 Å². The van der Waals surface area contributed by atoms with Gasteiger partial charge in [-0.3, -0.25) is 14.4 Å². The van der Waals surface area contributed by atoms with Crippen LogP contribution in [-0.4, -0.2) is 104 Å². The number of fused-ring (bicyclic) bond motifs is 1. The number of methoxy groups -OCH3 is 1. The molecule has 3 aromatic heterocycles. The van der Waals surface area contributed by atoms with Crippen LogP contribution in [0, 0.1) is 5.92 Å². The van der Waals surface area contributed by atoms with E-state index >= 15 is 0 Å². The molecule has 5 heterocycles. The van der Waals surface area contributed by atoms with Crippen molar-refractivity contribution < 1.29 is 41.1 Å². The van der Waals surface area contributed by atoms with Crippen LogP contribution in [0.4, 0.5) is 27.8 Å². The van der Waals surface area contributed by atoms with Gasteiger partial charge in [0.25, 0.3) is 17.7 Å². The zero-order valence-corrected chi connectivity index (χ0v) is 22.6. The summed E-state index contributed by atoms with van der Waals surface area (Å²) in [6.07, 6.45) is -0.373. The molecule has 228 valence electrons. The average Bonchev–Trinajstić information content (AvgIpc) is 3.50. The van der Waals surface area contributed by atoms with E-state index in [2.05, 4.69) is 20.4 Å². The highest BCUT2D eigenvalue weighted by Crippen LogP contribution is 2.43. The molecule has 17 heteroatoms. The number of nitrogen functional groups attached to an aromatic ring is 1. The van der Waals surface area contributed by atoms with E-state index in [0.29, 0.717) is 0 Å². The lowest BCUT2D eigenvalue weighted by Crippen LogP contribution is -2.58. The minimum Gasteiger partial charge on any atom is -0.480 e. The number of hydrogen-bond acceptors (Lipinski definition) is 8. The summed E-state index contributed by atoms with van der Waals surface area (Å²) in [6, 6.07) is 1.60. The van der Waals surface area contributed by atoms with Crippen LogP contribution in [0.3, 0.4) is 0 Å². The molecule has 0 aromatic carbocycles. The Bertz CT molecular complexity index is 1630. The summed E-state index contributed by atoms with van der Waals surface area (Å²) in [6.45, 7) is -2.07. The molecule has 3 aromatic rings. The Balaban J connectivity index is 1.26. The monoisotopic (exact) mass is 608 g/mol. The van der Waals surface area contributed by atoms with Crippen molar-refractivity contribution in [1.82, 2.24) is 34.7 Å². The third-order valence-corrected chi connectivity index (χ3v) is 7.85.